The lowest BCUT2D eigenvalue weighted by atomic mass is 10.1. The summed E-state index contributed by atoms with van der Waals surface area (Å²) in [5.74, 6) is 0. The van der Waals surface area contributed by atoms with Crippen molar-refractivity contribution in [2.24, 2.45) is 0 Å². The Morgan fingerprint density at radius 3 is 2.43 bits per heavy atom. The zero-order chi connectivity index (χ0) is 16.0. The van der Waals surface area contributed by atoms with Crippen molar-refractivity contribution in [1.82, 2.24) is 4.72 Å². The molecule has 7 heteroatoms. The highest BCUT2D eigenvalue weighted by Crippen LogP contribution is 2.27. The van der Waals surface area contributed by atoms with Crippen molar-refractivity contribution < 1.29 is 17.9 Å². The van der Waals surface area contributed by atoms with Crippen molar-refractivity contribution in [2.45, 2.75) is 25.7 Å². The molecule has 0 saturated carbocycles. The molecule has 3 N–H and O–H groups in total. The van der Waals surface area contributed by atoms with Gasteiger partial charge in [0, 0.05) is 19.3 Å². The Balaban J connectivity index is 2.78. The van der Waals surface area contributed by atoms with Gasteiger partial charge in [-0.25, -0.2) is 13.1 Å². The van der Waals surface area contributed by atoms with Crippen LogP contribution in [-0.4, -0.2) is 41.9 Å². The minimum Gasteiger partial charge on any atom is -0.398 e. The van der Waals surface area contributed by atoms with Crippen LogP contribution in [-0.2, 0) is 19.5 Å². The van der Waals surface area contributed by atoms with Crippen LogP contribution >= 0.6 is 0 Å². The first kappa shape index (κ1) is 17.9. The Hall–Kier alpha value is -1.15. The SMILES string of the molecule is COCCOCCNS(=O)(=O)c1c(C)cc(C)c(N)c1C. The van der Waals surface area contributed by atoms with E-state index in [-0.39, 0.29) is 11.4 Å². The molecule has 0 atom stereocenters. The third kappa shape index (κ3) is 4.67. The van der Waals surface area contributed by atoms with E-state index in [0.717, 1.165) is 5.56 Å². The average Bonchev–Trinajstić information content (AvgIpc) is 2.40. The van der Waals surface area contributed by atoms with Gasteiger partial charge in [0.05, 0.1) is 24.7 Å². The van der Waals surface area contributed by atoms with Crippen LogP contribution in [0.1, 0.15) is 16.7 Å². The zero-order valence-corrected chi connectivity index (χ0v) is 13.8. The Morgan fingerprint density at radius 2 is 1.81 bits per heavy atom. The number of rotatable bonds is 8. The lowest BCUT2D eigenvalue weighted by Gasteiger charge is -2.15. The molecule has 0 unspecified atom stereocenters. The maximum absolute atomic E-state index is 12.4. The van der Waals surface area contributed by atoms with Gasteiger partial charge in [0.15, 0.2) is 0 Å². The van der Waals surface area contributed by atoms with Crippen LogP contribution in [0.2, 0.25) is 0 Å². The molecule has 1 aromatic rings. The van der Waals surface area contributed by atoms with E-state index < -0.39 is 10.0 Å². The van der Waals surface area contributed by atoms with Crippen LogP contribution in [0.15, 0.2) is 11.0 Å². The number of nitrogens with two attached hydrogens (primary N) is 1. The summed E-state index contributed by atoms with van der Waals surface area (Å²) in [4.78, 5) is 0.252. The van der Waals surface area contributed by atoms with Gasteiger partial charge in [-0.2, -0.15) is 0 Å². The molecule has 21 heavy (non-hydrogen) atoms. The minimum atomic E-state index is -3.59. The van der Waals surface area contributed by atoms with Gasteiger partial charge in [0.2, 0.25) is 10.0 Å². The molecule has 0 bridgehead atoms. The highest BCUT2D eigenvalue weighted by Gasteiger charge is 2.21. The van der Waals surface area contributed by atoms with E-state index in [9.17, 15) is 8.42 Å². The van der Waals surface area contributed by atoms with Gasteiger partial charge in [-0.15, -0.1) is 0 Å². The number of nitrogens with one attached hydrogen (secondary N) is 1. The summed E-state index contributed by atoms with van der Waals surface area (Å²) >= 11 is 0. The third-order valence-corrected chi connectivity index (χ3v) is 4.95. The number of anilines is 1. The second-order valence-electron chi connectivity index (χ2n) is 4.88. The number of hydrogen-bond donors (Lipinski definition) is 2. The van der Waals surface area contributed by atoms with Crippen LogP contribution < -0.4 is 10.5 Å². The highest BCUT2D eigenvalue weighted by molar-refractivity contribution is 7.89. The molecule has 0 spiro atoms. The van der Waals surface area contributed by atoms with E-state index in [1.54, 1.807) is 27.0 Å². The van der Waals surface area contributed by atoms with E-state index >= 15 is 0 Å². The molecule has 1 rings (SSSR count). The van der Waals surface area contributed by atoms with Crippen molar-refractivity contribution in [2.75, 3.05) is 39.2 Å². The van der Waals surface area contributed by atoms with Crippen LogP contribution in [0, 0.1) is 20.8 Å². The monoisotopic (exact) mass is 316 g/mol. The van der Waals surface area contributed by atoms with Crippen LogP contribution in [0.4, 0.5) is 5.69 Å². The van der Waals surface area contributed by atoms with Crippen LogP contribution in [0.5, 0.6) is 0 Å². The number of sulfonamides is 1. The molecular formula is C14H24N2O4S. The van der Waals surface area contributed by atoms with E-state index in [1.807, 2.05) is 6.92 Å². The van der Waals surface area contributed by atoms with E-state index in [2.05, 4.69) is 4.72 Å². The largest absolute Gasteiger partial charge is 0.398 e. The fourth-order valence-electron chi connectivity index (χ4n) is 2.16. The first-order chi connectivity index (χ1) is 9.81. The molecule has 120 valence electrons. The van der Waals surface area contributed by atoms with Crippen LogP contribution in [0.25, 0.3) is 0 Å². The lowest BCUT2D eigenvalue weighted by molar-refractivity contribution is 0.0736. The Bertz CT molecular complexity index is 585. The van der Waals surface area contributed by atoms with Gasteiger partial charge < -0.3 is 15.2 Å². The van der Waals surface area contributed by atoms with Gasteiger partial charge in [0.25, 0.3) is 0 Å². The molecule has 0 aliphatic carbocycles. The van der Waals surface area contributed by atoms with Gasteiger partial charge in [-0.3, -0.25) is 0 Å². The number of ether oxygens (including phenoxy) is 2. The van der Waals surface area contributed by atoms with Crippen molar-refractivity contribution in [3.05, 3.63) is 22.8 Å². The summed E-state index contributed by atoms with van der Waals surface area (Å²) in [6, 6.07) is 1.78. The van der Waals surface area contributed by atoms with E-state index in [0.29, 0.717) is 36.6 Å². The van der Waals surface area contributed by atoms with Crippen LogP contribution in [0.3, 0.4) is 0 Å². The van der Waals surface area contributed by atoms with Gasteiger partial charge >= 0.3 is 0 Å². The predicted molar refractivity (Wildman–Crippen MR) is 82.9 cm³/mol. The summed E-state index contributed by atoms with van der Waals surface area (Å²) in [5, 5.41) is 0. The summed E-state index contributed by atoms with van der Waals surface area (Å²) in [6.07, 6.45) is 0. The molecule has 6 nitrogen and oxygen atoms in total. The smallest absolute Gasteiger partial charge is 0.241 e. The second-order valence-corrected chi connectivity index (χ2v) is 6.58. The molecule has 0 saturated heterocycles. The summed E-state index contributed by atoms with van der Waals surface area (Å²) in [6.45, 7) is 6.78. The molecular weight excluding hydrogens is 292 g/mol. The van der Waals surface area contributed by atoms with Gasteiger partial charge in [-0.05, 0) is 37.5 Å². The maximum atomic E-state index is 12.4. The van der Waals surface area contributed by atoms with E-state index in [4.69, 9.17) is 15.2 Å². The molecule has 1 aromatic carbocycles. The predicted octanol–water partition coefficient (Wildman–Crippen LogP) is 1.14. The summed E-state index contributed by atoms with van der Waals surface area (Å²) in [7, 11) is -2.01. The number of benzene rings is 1. The summed E-state index contributed by atoms with van der Waals surface area (Å²) in [5.41, 5.74) is 8.59. The first-order valence-corrected chi connectivity index (χ1v) is 8.22. The molecule has 0 amide bonds. The van der Waals surface area contributed by atoms with Crippen molar-refractivity contribution in [3.8, 4) is 0 Å². The Kier molecular flexibility index (Phi) is 6.60. The Morgan fingerprint density at radius 1 is 1.14 bits per heavy atom. The van der Waals surface area contributed by atoms with Crippen molar-refractivity contribution in [1.29, 1.82) is 0 Å². The second kappa shape index (κ2) is 7.74. The molecule has 0 aliphatic rings. The highest BCUT2D eigenvalue weighted by atomic mass is 32.2. The molecule has 0 radical (unpaired) electrons. The number of methoxy groups -OCH3 is 1. The minimum absolute atomic E-state index is 0.207. The van der Waals surface area contributed by atoms with Gasteiger partial charge in [-0.1, -0.05) is 6.07 Å². The third-order valence-electron chi connectivity index (χ3n) is 3.20. The van der Waals surface area contributed by atoms with Crippen molar-refractivity contribution >= 4 is 15.7 Å². The topological polar surface area (TPSA) is 90.6 Å². The molecule has 0 aromatic heterocycles. The number of nitrogen functional groups attached to an aromatic ring is 1. The number of hydrogen-bond acceptors (Lipinski definition) is 5. The molecule has 0 fully saturated rings. The standard InChI is InChI=1S/C14H24N2O4S/c1-10-9-11(2)14(12(3)13(10)15)21(17,18)16-5-6-20-8-7-19-4/h9,16H,5-8,15H2,1-4H3. The normalized spacial score (nSPS) is 11.8. The van der Waals surface area contributed by atoms with Gasteiger partial charge in [0.1, 0.15) is 0 Å². The average molecular weight is 316 g/mol. The lowest BCUT2D eigenvalue weighted by Crippen LogP contribution is -2.29. The number of aryl methyl sites for hydroxylation is 2. The molecule has 0 aliphatic heterocycles. The van der Waals surface area contributed by atoms with E-state index in [1.165, 1.54) is 0 Å². The first-order valence-electron chi connectivity index (χ1n) is 6.74. The van der Waals surface area contributed by atoms with Crippen molar-refractivity contribution in [3.63, 3.8) is 0 Å². The zero-order valence-electron chi connectivity index (χ0n) is 13.0. The maximum Gasteiger partial charge on any atom is 0.241 e. The fraction of sp³-hybridized carbons (Fsp3) is 0.571. The molecule has 0 heterocycles. The quantitative estimate of drug-likeness (QED) is 0.554. The Labute approximate surface area is 126 Å². The fourth-order valence-corrected chi connectivity index (χ4v) is 3.65. The summed E-state index contributed by atoms with van der Waals surface area (Å²) < 4.78 is 37.4.